The van der Waals surface area contributed by atoms with Gasteiger partial charge in [-0.1, -0.05) is 12.1 Å². The normalized spacial score (nSPS) is 12.5. The van der Waals surface area contributed by atoms with Gasteiger partial charge in [0.25, 0.3) is 5.91 Å². The number of aliphatic carboxylic acids is 1. The highest BCUT2D eigenvalue weighted by Crippen LogP contribution is 2.35. The largest absolute Gasteiger partial charge is 0.493 e. The van der Waals surface area contributed by atoms with E-state index in [9.17, 15) is 18.4 Å². The molecule has 1 aromatic rings. The van der Waals surface area contributed by atoms with Gasteiger partial charge in [0.05, 0.1) is 18.8 Å². The van der Waals surface area contributed by atoms with Crippen molar-refractivity contribution in [1.29, 1.82) is 0 Å². The number of nitrogens with one attached hydrogen (secondary N) is 1. The molecule has 0 fully saturated rings. The number of carbonyl (C=O) groups excluding carboxylic acids is 1. The Labute approximate surface area is 126 Å². The molecule has 0 aliphatic rings. The molecule has 22 heavy (non-hydrogen) atoms. The van der Waals surface area contributed by atoms with E-state index >= 15 is 0 Å². The number of amides is 1. The molecule has 0 radical (unpaired) electrons. The highest BCUT2D eigenvalue weighted by atomic mass is 19.3. The molecule has 122 valence electrons. The Hall–Kier alpha value is -2.22. The van der Waals surface area contributed by atoms with Gasteiger partial charge in [-0.15, -0.1) is 0 Å². The Morgan fingerprint density at radius 1 is 1.36 bits per heavy atom. The quantitative estimate of drug-likeness (QED) is 0.757. The number of rotatable bonds is 8. The van der Waals surface area contributed by atoms with E-state index in [2.05, 4.69) is 4.74 Å². The van der Waals surface area contributed by atoms with Crippen LogP contribution in [0.3, 0.4) is 0 Å². The predicted octanol–water partition coefficient (Wildman–Crippen LogP) is 1.39. The maximum atomic E-state index is 14.3. The van der Waals surface area contributed by atoms with E-state index < -0.39 is 36.0 Å². The number of methoxy groups -OCH3 is 1. The van der Waals surface area contributed by atoms with Gasteiger partial charge in [0, 0.05) is 7.11 Å². The number of ether oxygens (including phenoxy) is 2. The molecule has 0 aliphatic heterocycles. The summed E-state index contributed by atoms with van der Waals surface area (Å²) in [6.07, 6.45) is 0. The predicted molar refractivity (Wildman–Crippen MR) is 72.9 cm³/mol. The first-order valence-corrected chi connectivity index (χ1v) is 6.47. The number of hydrogen-bond donors (Lipinski definition) is 2. The Morgan fingerprint density at radius 2 is 2.00 bits per heavy atom. The van der Waals surface area contributed by atoms with Gasteiger partial charge in [-0.25, -0.2) is 4.79 Å². The highest BCUT2D eigenvalue weighted by molar-refractivity contribution is 5.89. The van der Waals surface area contributed by atoms with Crippen molar-refractivity contribution in [2.24, 2.45) is 0 Å². The molecule has 1 atom stereocenters. The third-order valence-electron chi connectivity index (χ3n) is 2.75. The third kappa shape index (κ3) is 4.14. The standard InChI is InChI=1S/C14H17F2NO5/c1-3-22-11-7-5-4-6-9(11)14(15,16)13(20)17-10(8-21-2)12(18)19/h4-7,10H,3,8H2,1-2H3,(H,17,20)(H,18,19). The van der Waals surface area contributed by atoms with Crippen LogP contribution < -0.4 is 10.1 Å². The van der Waals surface area contributed by atoms with Crippen LogP contribution in [0.5, 0.6) is 5.75 Å². The number of para-hydroxylation sites is 1. The van der Waals surface area contributed by atoms with Crippen LogP contribution in [0.25, 0.3) is 0 Å². The second-order valence-electron chi connectivity index (χ2n) is 4.32. The van der Waals surface area contributed by atoms with Crippen molar-refractivity contribution in [3.8, 4) is 5.75 Å². The Bertz CT molecular complexity index is 536. The molecule has 0 saturated carbocycles. The smallest absolute Gasteiger partial charge is 0.353 e. The Kier molecular flexibility index (Phi) is 6.24. The van der Waals surface area contributed by atoms with Crippen LogP contribution in [-0.4, -0.2) is 43.3 Å². The summed E-state index contributed by atoms with van der Waals surface area (Å²) in [6, 6.07) is 3.62. The lowest BCUT2D eigenvalue weighted by atomic mass is 10.1. The van der Waals surface area contributed by atoms with Crippen LogP contribution in [0.2, 0.25) is 0 Å². The van der Waals surface area contributed by atoms with Crippen LogP contribution in [0.15, 0.2) is 24.3 Å². The lowest BCUT2D eigenvalue weighted by Gasteiger charge is -2.21. The van der Waals surface area contributed by atoms with E-state index in [0.717, 1.165) is 6.07 Å². The monoisotopic (exact) mass is 317 g/mol. The summed E-state index contributed by atoms with van der Waals surface area (Å²) in [5.41, 5.74) is -0.629. The fourth-order valence-corrected chi connectivity index (χ4v) is 1.72. The molecule has 1 aromatic carbocycles. The average molecular weight is 317 g/mol. The van der Waals surface area contributed by atoms with Crippen molar-refractivity contribution in [1.82, 2.24) is 5.32 Å². The maximum Gasteiger partial charge on any atom is 0.353 e. The summed E-state index contributed by atoms with van der Waals surface area (Å²) in [6.45, 7) is 1.34. The molecular weight excluding hydrogens is 300 g/mol. The maximum absolute atomic E-state index is 14.3. The Morgan fingerprint density at radius 3 is 2.55 bits per heavy atom. The zero-order valence-electron chi connectivity index (χ0n) is 12.1. The molecule has 1 unspecified atom stereocenters. The van der Waals surface area contributed by atoms with Crippen LogP contribution in [-0.2, 0) is 20.2 Å². The number of carbonyl (C=O) groups is 2. The Balaban J connectivity index is 3.02. The van der Waals surface area contributed by atoms with Crippen molar-refractivity contribution in [3.05, 3.63) is 29.8 Å². The summed E-state index contributed by atoms with van der Waals surface area (Å²) in [5, 5.41) is 10.6. The molecular formula is C14H17F2NO5. The number of benzene rings is 1. The molecule has 2 N–H and O–H groups in total. The second-order valence-corrected chi connectivity index (χ2v) is 4.32. The van der Waals surface area contributed by atoms with Gasteiger partial charge in [-0.05, 0) is 19.1 Å². The number of carboxylic acid groups (broad SMARTS) is 1. The van der Waals surface area contributed by atoms with Gasteiger partial charge < -0.3 is 19.9 Å². The number of alkyl halides is 2. The van der Waals surface area contributed by atoms with Gasteiger partial charge in [-0.3, -0.25) is 4.79 Å². The molecule has 0 spiro atoms. The van der Waals surface area contributed by atoms with Crippen molar-refractivity contribution < 1.29 is 33.0 Å². The summed E-state index contributed by atoms with van der Waals surface area (Å²) in [5.74, 6) is -7.27. The minimum Gasteiger partial charge on any atom is -0.493 e. The van der Waals surface area contributed by atoms with Crippen molar-refractivity contribution in [3.63, 3.8) is 0 Å². The molecule has 0 aliphatic carbocycles. The average Bonchev–Trinajstić information content (AvgIpc) is 2.47. The van der Waals surface area contributed by atoms with Crippen molar-refractivity contribution in [2.45, 2.75) is 18.9 Å². The fraction of sp³-hybridized carbons (Fsp3) is 0.429. The van der Waals surface area contributed by atoms with Crippen LogP contribution in [0, 0.1) is 0 Å². The third-order valence-corrected chi connectivity index (χ3v) is 2.75. The molecule has 0 saturated heterocycles. The number of hydrogen-bond acceptors (Lipinski definition) is 4. The number of halogens is 2. The van der Waals surface area contributed by atoms with Gasteiger partial charge in [0.2, 0.25) is 0 Å². The van der Waals surface area contributed by atoms with E-state index in [1.54, 1.807) is 12.2 Å². The second kappa shape index (κ2) is 7.69. The zero-order valence-corrected chi connectivity index (χ0v) is 12.1. The minimum atomic E-state index is -3.94. The van der Waals surface area contributed by atoms with E-state index in [0.29, 0.717) is 0 Å². The fourth-order valence-electron chi connectivity index (χ4n) is 1.72. The molecule has 6 nitrogen and oxygen atoms in total. The molecule has 0 bridgehead atoms. The van der Waals surface area contributed by atoms with Crippen LogP contribution >= 0.6 is 0 Å². The van der Waals surface area contributed by atoms with Crippen molar-refractivity contribution >= 4 is 11.9 Å². The lowest BCUT2D eigenvalue weighted by Crippen LogP contribution is -2.49. The van der Waals surface area contributed by atoms with Gasteiger partial charge in [0.1, 0.15) is 5.75 Å². The van der Waals surface area contributed by atoms with Crippen molar-refractivity contribution in [2.75, 3.05) is 20.3 Å². The van der Waals surface area contributed by atoms with Crippen LogP contribution in [0.1, 0.15) is 12.5 Å². The summed E-state index contributed by atoms with van der Waals surface area (Å²) in [4.78, 5) is 22.7. The van der Waals surface area contributed by atoms with Gasteiger partial charge in [-0.2, -0.15) is 8.78 Å². The molecule has 0 aromatic heterocycles. The van der Waals surface area contributed by atoms with E-state index in [4.69, 9.17) is 9.84 Å². The molecule has 1 amide bonds. The summed E-state index contributed by atoms with van der Waals surface area (Å²) in [7, 11) is 1.20. The van der Waals surface area contributed by atoms with Crippen LogP contribution in [0.4, 0.5) is 8.78 Å². The van der Waals surface area contributed by atoms with Gasteiger partial charge >= 0.3 is 11.9 Å². The first-order valence-electron chi connectivity index (χ1n) is 6.47. The summed E-state index contributed by atoms with van der Waals surface area (Å²) < 4.78 is 38.2. The zero-order chi connectivity index (χ0) is 16.8. The first-order chi connectivity index (χ1) is 10.3. The molecule has 1 rings (SSSR count). The first kappa shape index (κ1) is 17.8. The van der Waals surface area contributed by atoms with Gasteiger partial charge in [0.15, 0.2) is 6.04 Å². The minimum absolute atomic E-state index is 0.135. The lowest BCUT2D eigenvalue weighted by molar-refractivity contribution is -0.153. The topological polar surface area (TPSA) is 84.9 Å². The van der Waals surface area contributed by atoms with E-state index in [1.807, 2.05) is 0 Å². The highest BCUT2D eigenvalue weighted by Gasteiger charge is 2.44. The molecule has 0 heterocycles. The van der Waals surface area contributed by atoms with E-state index in [1.165, 1.54) is 25.3 Å². The van der Waals surface area contributed by atoms with E-state index in [-0.39, 0.29) is 12.4 Å². The number of carboxylic acids is 1. The molecule has 8 heteroatoms. The summed E-state index contributed by atoms with van der Waals surface area (Å²) >= 11 is 0. The SMILES string of the molecule is CCOc1ccccc1C(F)(F)C(=O)NC(COC)C(=O)O.